The summed E-state index contributed by atoms with van der Waals surface area (Å²) in [6, 6.07) is 9.77. The molecule has 1 amide bonds. The fourth-order valence-electron chi connectivity index (χ4n) is 3.81. The number of hydrogen-bond acceptors (Lipinski definition) is 7. The number of piperazine rings is 1. The number of nitrogens with zero attached hydrogens (tertiary/aromatic N) is 4. The van der Waals surface area contributed by atoms with Gasteiger partial charge in [-0.05, 0) is 18.2 Å². The van der Waals surface area contributed by atoms with Crippen molar-refractivity contribution in [2.45, 2.75) is 6.42 Å². The summed E-state index contributed by atoms with van der Waals surface area (Å²) in [7, 11) is 0. The summed E-state index contributed by atoms with van der Waals surface area (Å²) in [5.74, 6) is -0.190. The molecule has 1 aromatic carbocycles. The molecule has 0 atom stereocenters. The minimum atomic E-state index is -0.190. The Kier molecular flexibility index (Phi) is 4.61. The van der Waals surface area contributed by atoms with Crippen molar-refractivity contribution < 1.29 is 9.21 Å². The van der Waals surface area contributed by atoms with Crippen LogP contribution in [0.2, 0.25) is 0 Å². The predicted octanol–water partition coefficient (Wildman–Crippen LogP) is 2.44. The maximum atomic E-state index is 12.9. The molecule has 1 fully saturated rings. The first-order valence-electron chi connectivity index (χ1n) is 9.82. The predicted molar refractivity (Wildman–Crippen MR) is 114 cm³/mol. The highest BCUT2D eigenvalue weighted by Gasteiger charge is 2.25. The standard InChI is InChI=1S/C21H22N6O2/c28-21(24-17-13-23-7-5-18(17)26-11-8-22-9-12-26)16-6-10-27(25-16)19-14-29-20-4-2-1-3-15(19)20/h1-5,7,13-14,22H,6,8-12H2,(H,24,28). The van der Waals surface area contributed by atoms with Crippen LogP contribution in [-0.4, -0.2) is 49.3 Å². The van der Waals surface area contributed by atoms with Gasteiger partial charge in [-0.2, -0.15) is 5.10 Å². The van der Waals surface area contributed by atoms with E-state index in [1.54, 1.807) is 18.7 Å². The Morgan fingerprint density at radius 2 is 1.97 bits per heavy atom. The molecule has 29 heavy (non-hydrogen) atoms. The largest absolute Gasteiger partial charge is 0.462 e. The number of furan rings is 1. The molecule has 2 aliphatic heterocycles. The van der Waals surface area contributed by atoms with Crippen molar-refractivity contribution >= 4 is 39.7 Å². The lowest BCUT2D eigenvalue weighted by atomic mass is 10.2. The van der Waals surface area contributed by atoms with E-state index in [0.717, 1.165) is 48.5 Å². The molecule has 0 aliphatic carbocycles. The van der Waals surface area contributed by atoms with Crippen molar-refractivity contribution in [3.8, 4) is 0 Å². The van der Waals surface area contributed by atoms with Gasteiger partial charge >= 0.3 is 0 Å². The number of carbonyl (C=O) groups excluding carboxylic acids is 1. The number of hydrogen-bond donors (Lipinski definition) is 2. The highest BCUT2D eigenvalue weighted by Crippen LogP contribution is 2.31. The zero-order chi connectivity index (χ0) is 19.6. The second-order valence-electron chi connectivity index (χ2n) is 7.12. The van der Waals surface area contributed by atoms with Crippen molar-refractivity contribution in [1.82, 2.24) is 10.3 Å². The van der Waals surface area contributed by atoms with E-state index >= 15 is 0 Å². The van der Waals surface area contributed by atoms with Gasteiger partial charge in [0.05, 0.1) is 17.6 Å². The van der Waals surface area contributed by atoms with E-state index in [2.05, 4.69) is 25.6 Å². The van der Waals surface area contributed by atoms with E-state index in [1.807, 2.05) is 35.3 Å². The molecule has 3 aromatic rings. The lowest BCUT2D eigenvalue weighted by Gasteiger charge is -2.30. The number of anilines is 3. The number of pyridine rings is 1. The van der Waals surface area contributed by atoms with Crippen molar-refractivity contribution in [3.05, 3.63) is 49.0 Å². The molecule has 8 heteroatoms. The number of para-hydroxylation sites is 1. The average molecular weight is 390 g/mol. The Labute approximate surface area is 168 Å². The fourth-order valence-corrected chi connectivity index (χ4v) is 3.81. The number of rotatable bonds is 4. The first kappa shape index (κ1) is 17.7. The third-order valence-corrected chi connectivity index (χ3v) is 5.31. The van der Waals surface area contributed by atoms with E-state index < -0.39 is 0 Å². The van der Waals surface area contributed by atoms with E-state index in [9.17, 15) is 4.79 Å². The second kappa shape index (κ2) is 7.56. The lowest BCUT2D eigenvalue weighted by molar-refractivity contribution is -0.110. The Morgan fingerprint density at radius 3 is 2.86 bits per heavy atom. The molecule has 4 heterocycles. The lowest BCUT2D eigenvalue weighted by Crippen LogP contribution is -2.43. The van der Waals surface area contributed by atoms with Gasteiger partial charge in [0.25, 0.3) is 5.91 Å². The number of aromatic nitrogens is 1. The number of amides is 1. The number of hydrazone groups is 1. The first-order valence-corrected chi connectivity index (χ1v) is 9.82. The van der Waals surface area contributed by atoms with Crippen LogP contribution in [0.3, 0.4) is 0 Å². The molecule has 2 aromatic heterocycles. The smallest absolute Gasteiger partial charge is 0.272 e. The van der Waals surface area contributed by atoms with Crippen LogP contribution in [0, 0.1) is 0 Å². The van der Waals surface area contributed by atoms with Crippen molar-refractivity contribution in [3.63, 3.8) is 0 Å². The van der Waals surface area contributed by atoms with Crippen molar-refractivity contribution in [1.29, 1.82) is 0 Å². The summed E-state index contributed by atoms with van der Waals surface area (Å²) in [5, 5.41) is 13.7. The summed E-state index contributed by atoms with van der Waals surface area (Å²) in [4.78, 5) is 19.3. The van der Waals surface area contributed by atoms with Crippen LogP contribution in [0.25, 0.3) is 11.0 Å². The van der Waals surface area contributed by atoms with Gasteiger partial charge in [-0.1, -0.05) is 12.1 Å². The van der Waals surface area contributed by atoms with Gasteiger partial charge in [-0.3, -0.25) is 14.8 Å². The molecule has 8 nitrogen and oxygen atoms in total. The normalized spacial score (nSPS) is 16.9. The minimum Gasteiger partial charge on any atom is -0.462 e. The average Bonchev–Trinajstić information content (AvgIpc) is 3.42. The number of benzene rings is 1. The third-order valence-electron chi connectivity index (χ3n) is 5.31. The molecule has 2 N–H and O–H groups in total. The van der Waals surface area contributed by atoms with Crippen LogP contribution >= 0.6 is 0 Å². The summed E-state index contributed by atoms with van der Waals surface area (Å²) in [6.45, 7) is 4.29. The Morgan fingerprint density at radius 1 is 1.10 bits per heavy atom. The molecule has 0 radical (unpaired) electrons. The summed E-state index contributed by atoms with van der Waals surface area (Å²) < 4.78 is 5.61. The Bertz CT molecular complexity index is 1070. The summed E-state index contributed by atoms with van der Waals surface area (Å²) in [5.41, 5.74) is 3.91. The van der Waals surface area contributed by atoms with E-state index in [-0.39, 0.29) is 5.91 Å². The number of nitrogens with one attached hydrogen (secondary N) is 2. The maximum Gasteiger partial charge on any atom is 0.272 e. The SMILES string of the molecule is O=C(Nc1cnccc1N1CCNCC1)C1=NN(c2coc3ccccc23)CC1. The zero-order valence-corrected chi connectivity index (χ0v) is 16.0. The maximum absolute atomic E-state index is 12.9. The van der Waals surface area contributed by atoms with Gasteiger partial charge in [0, 0.05) is 50.7 Å². The molecule has 1 saturated heterocycles. The fraction of sp³-hybridized carbons (Fsp3) is 0.286. The molecule has 0 spiro atoms. The van der Waals surface area contributed by atoms with Crippen LogP contribution in [0.15, 0.2) is 58.5 Å². The highest BCUT2D eigenvalue weighted by molar-refractivity contribution is 6.44. The van der Waals surface area contributed by atoms with Gasteiger partial charge in [0.1, 0.15) is 23.2 Å². The van der Waals surface area contributed by atoms with Gasteiger partial charge in [-0.15, -0.1) is 0 Å². The highest BCUT2D eigenvalue weighted by atomic mass is 16.3. The van der Waals surface area contributed by atoms with E-state index in [0.29, 0.717) is 24.4 Å². The van der Waals surface area contributed by atoms with Crippen LogP contribution < -0.4 is 20.5 Å². The van der Waals surface area contributed by atoms with Crippen LogP contribution in [0.5, 0.6) is 0 Å². The third kappa shape index (κ3) is 3.42. The van der Waals surface area contributed by atoms with Gasteiger partial charge in [0.15, 0.2) is 0 Å². The van der Waals surface area contributed by atoms with Gasteiger partial charge in [0.2, 0.25) is 0 Å². The second-order valence-corrected chi connectivity index (χ2v) is 7.12. The first-order chi connectivity index (χ1) is 14.3. The molecule has 0 saturated carbocycles. The van der Waals surface area contributed by atoms with Crippen molar-refractivity contribution in [2.75, 3.05) is 47.9 Å². The van der Waals surface area contributed by atoms with Crippen molar-refractivity contribution in [2.24, 2.45) is 5.10 Å². The number of fused-ring (bicyclic) bond motifs is 1. The number of carbonyl (C=O) groups is 1. The van der Waals surface area contributed by atoms with E-state index in [4.69, 9.17) is 4.42 Å². The zero-order valence-electron chi connectivity index (χ0n) is 16.0. The minimum absolute atomic E-state index is 0.190. The molecular formula is C21H22N6O2. The molecule has 2 aliphatic rings. The Balaban J connectivity index is 1.35. The topological polar surface area (TPSA) is 86.0 Å². The molecule has 148 valence electrons. The van der Waals surface area contributed by atoms with E-state index in [1.165, 1.54) is 0 Å². The quantitative estimate of drug-likeness (QED) is 0.712. The molecule has 5 rings (SSSR count). The molecular weight excluding hydrogens is 368 g/mol. The summed E-state index contributed by atoms with van der Waals surface area (Å²) in [6.07, 6.45) is 5.73. The van der Waals surface area contributed by atoms with Crippen LogP contribution in [-0.2, 0) is 4.79 Å². The molecule has 0 bridgehead atoms. The van der Waals surface area contributed by atoms with Gasteiger partial charge < -0.3 is 20.0 Å². The molecule has 0 unspecified atom stereocenters. The van der Waals surface area contributed by atoms with Crippen LogP contribution in [0.1, 0.15) is 6.42 Å². The summed E-state index contributed by atoms with van der Waals surface area (Å²) >= 11 is 0. The monoisotopic (exact) mass is 390 g/mol. The van der Waals surface area contributed by atoms with Crippen LogP contribution in [0.4, 0.5) is 17.1 Å². The Hall–Kier alpha value is -3.39. The van der Waals surface area contributed by atoms with Gasteiger partial charge in [-0.25, -0.2) is 0 Å².